The van der Waals surface area contributed by atoms with Crippen LogP contribution in [0.25, 0.3) is 21.9 Å². The number of carboxylic acid groups (broad SMARTS) is 1. The Hall–Kier alpha value is -2.62. The van der Waals surface area contributed by atoms with Crippen molar-refractivity contribution in [1.29, 1.82) is 0 Å². The zero-order valence-corrected chi connectivity index (χ0v) is 10.1. The van der Waals surface area contributed by atoms with Crippen molar-refractivity contribution in [3.63, 3.8) is 0 Å². The lowest BCUT2D eigenvalue weighted by Gasteiger charge is -2.04. The van der Waals surface area contributed by atoms with Crippen LogP contribution in [0.4, 0.5) is 0 Å². The summed E-state index contributed by atoms with van der Waals surface area (Å²) in [4.78, 5) is 23.3. The topological polar surface area (TPSA) is 67.5 Å². The zero-order valence-electron chi connectivity index (χ0n) is 10.1. The summed E-state index contributed by atoms with van der Waals surface area (Å²) in [6.07, 6.45) is 0. The van der Waals surface area contributed by atoms with Crippen LogP contribution in [0, 0.1) is 6.92 Å². The van der Waals surface area contributed by atoms with Crippen LogP contribution in [0.15, 0.2) is 45.6 Å². The molecule has 0 spiro atoms. The summed E-state index contributed by atoms with van der Waals surface area (Å²) < 4.78 is 5.70. The Bertz CT molecular complexity index is 874. The minimum atomic E-state index is -1.06. The molecule has 2 aromatic carbocycles. The van der Waals surface area contributed by atoms with Gasteiger partial charge in [-0.25, -0.2) is 4.79 Å². The largest absolute Gasteiger partial charge is 0.478 e. The fraction of sp³-hybridized carbons (Fsp3) is 0.0667. The first-order valence-corrected chi connectivity index (χ1v) is 5.77. The molecule has 0 unspecified atom stereocenters. The molecule has 0 saturated carbocycles. The van der Waals surface area contributed by atoms with E-state index in [2.05, 4.69) is 0 Å². The van der Waals surface area contributed by atoms with Crippen LogP contribution in [-0.2, 0) is 0 Å². The maximum Gasteiger partial charge on any atom is 0.335 e. The van der Waals surface area contributed by atoms with Crippen LogP contribution < -0.4 is 5.43 Å². The second-order valence-corrected chi connectivity index (χ2v) is 4.40. The van der Waals surface area contributed by atoms with Gasteiger partial charge in [-0.05, 0) is 36.8 Å². The quantitative estimate of drug-likeness (QED) is 0.678. The van der Waals surface area contributed by atoms with E-state index in [9.17, 15) is 9.59 Å². The molecule has 0 aliphatic carbocycles. The summed E-state index contributed by atoms with van der Waals surface area (Å²) in [5.74, 6) is -1.06. The number of para-hydroxylation sites is 1. The molecule has 0 fully saturated rings. The molecule has 4 nitrogen and oxygen atoms in total. The lowest BCUT2D eigenvalue weighted by Crippen LogP contribution is -2.05. The number of carbonyl (C=O) groups is 1. The number of aromatic carboxylic acids is 1. The first-order valence-electron chi connectivity index (χ1n) is 5.77. The Morgan fingerprint density at radius 1 is 1.16 bits per heavy atom. The first kappa shape index (κ1) is 11.5. The zero-order chi connectivity index (χ0) is 13.6. The molecule has 19 heavy (non-hydrogen) atoms. The van der Waals surface area contributed by atoms with Gasteiger partial charge in [0.05, 0.1) is 16.3 Å². The second kappa shape index (κ2) is 3.95. The normalized spacial score (nSPS) is 11.0. The monoisotopic (exact) mass is 254 g/mol. The molecule has 4 heteroatoms. The average Bonchev–Trinajstić information content (AvgIpc) is 2.40. The van der Waals surface area contributed by atoms with E-state index in [1.807, 2.05) is 13.0 Å². The van der Waals surface area contributed by atoms with Gasteiger partial charge in [-0.3, -0.25) is 4.79 Å². The highest BCUT2D eigenvalue weighted by Gasteiger charge is 2.11. The van der Waals surface area contributed by atoms with Crippen LogP contribution in [0.2, 0.25) is 0 Å². The summed E-state index contributed by atoms with van der Waals surface area (Å²) >= 11 is 0. The predicted molar refractivity (Wildman–Crippen MR) is 71.7 cm³/mol. The van der Waals surface area contributed by atoms with E-state index in [4.69, 9.17) is 9.52 Å². The van der Waals surface area contributed by atoms with Gasteiger partial charge in [-0.2, -0.15) is 0 Å². The molecule has 94 valence electrons. The van der Waals surface area contributed by atoms with Crippen LogP contribution in [0.5, 0.6) is 0 Å². The molecule has 0 aliphatic heterocycles. The van der Waals surface area contributed by atoms with Gasteiger partial charge in [0, 0.05) is 0 Å². The van der Waals surface area contributed by atoms with Crippen molar-refractivity contribution in [2.45, 2.75) is 6.92 Å². The maximum atomic E-state index is 12.4. The van der Waals surface area contributed by atoms with E-state index in [-0.39, 0.29) is 16.4 Å². The summed E-state index contributed by atoms with van der Waals surface area (Å²) in [7, 11) is 0. The molecule has 1 aromatic heterocycles. The molecule has 0 atom stereocenters. The van der Waals surface area contributed by atoms with Crippen molar-refractivity contribution < 1.29 is 14.3 Å². The van der Waals surface area contributed by atoms with Crippen molar-refractivity contribution in [3.8, 4) is 0 Å². The van der Waals surface area contributed by atoms with E-state index < -0.39 is 5.97 Å². The van der Waals surface area contributed by atoms with E-state index >= 15 is 0 Å². The number of carboxylic acids is 1. The van der Waals surface area contributed by atoms with Gasteiger partial charge in [0.25, 0.3) is 0 Å². The van der Waals surface area contributed by atoms with E-state index in [1.54, 1.807) is 12.1 Å². The Morgan fingerprint density at radius 2 is 1.95 bits per heavy atom. The molecular weight excluding hydrogens is 244 g/mol. The number of benzene rings is 2. The van der Waals surface area contributed by atoms with E-state index in [1.165, 1.54) is 18.2 Å². The lowest BCUT2D eigenvalue weighted by molar-refractivity contribution is 0.0697. The summed E-state index contributed by atoms with van der Waals surface area (Å²) in [5, 5.41) is 9.72. The van der Waals surface area contributed by atoms with Crippen LogP contribution >= 0.6 is 0 Å². The van der Waals surface area contributed by atoms with Gasteiger partial charge in [0.2, 0.25) is 5.43 Å². The highest BCUT2D eigenvalue weighted by Crippen LogP contribution is 2.22. The summed E-state index contributed by atoms with van der Waals surface area (Å²) in [6, 6.07) is 9.63. The first-order chi connectivity index (χ1) is 9.08. The third kappa shape index (κ3) is 1.69. The van der Waals surface area contributed by atoms with Crippen LogP contribution in [0.3, 0.4) is 0 Å². The third-order valence-electron chi connectivity index (χ3n) is 3.14. The number of rotatable bonds is 1. The fourth-order valence-electron chi connectivity index (χ4n) is 2.15. The molecule has 0 radical (unpaired) electrons. The Balaban J connectivity index is 2.51. The van der Waals surface area contributed by atoms with Crippen molar-refractivity contribution in [2.24, 2.45) is 0 Å². The van der Waals surface area contributed by atoms with Crippen molar-refractivity contribution >= 4 is 27.9 Å². The number of hydrogen-bond donors (Lipinski definition) is 1. The lowest BCUT2D eigenvalue weighted by atomic mass is 10.1. The van der Waals surface area contributed by atoms with Gasteiger partial charge < -0.3 is 9.52 Å². The average molecular weight is 254 g/mol. The third-order valence-corrected chi connectivity index (χ3v) is 3.14. The Labute approximate surface area is 107 Å². The molecule has 1 N–H and O–H groups in total. The molecule has 0 amide bonds. The molecule has 1 heterocycles. The van der Waals surface area contributed by atoms with Gasteiger partial charge in [0.1, 0.15) is 11.2 Å². The standard InChI is InChI=1S/C15H10O4/c1-8-3-2-4-10-13(16)11-7-9(15(17)18)5-6-12(11)19-14(8)10/h2-7H,1H3,(H,17,18). The van der Waals surface area contributed by atoms with Crippen LogP contribution in [0.1, 0.15) is 15.9 Å². The minimum Gasteiger partial charge on any atom is -0.478 e. The van der Waals surface area contributed by atoms with Crippen molar-refractivity contribution in [2.75, 3.05) is 0 Å². The predicted octanol–water partition coefficient (Wildman–Crippen LogP) is 2.95. The van der Waals surface area contributed by atoms with Crippen molar-refractivity contribution in [3.05, 3.63) is 57.7 Å². The Kier molecular flexibility index (Phi) is 2.38. The fourth-order valence-corrected chi connectivity index (χ4v) is 2.15. The molecule has 0 bridgehead atoms. The minimum absolute atomic E-state index is 0.0757. The van der Waals surface area contributed by atoms with Gasteiger partial charge in [-0.1, -0.05) is 12.1 Å². The molecule has 3 aromatic rings. The number of fused-ring (bicyclic) bond motifs is 2. The van der Waals surface area contributed by atoms with Gasteiger partial charge in [0.15, 0.2) is 0 Å². The molecule has 0 saturated heterocycles. The Morgan fingerprint density at radius 3 is 2.68 bits per heavy atom. The van der Waals surface area contributed by atoms with Crippen molar-refractivity contribution in [1.82, 2.24) is 0 Å². The van der Waals surface area contributed by atoms with Gasteiger partial charge in [-0.15, -0.1) is 0 Å². The highest BCUT2D eigenvalue weighted by molar-refractivity contribution is 5.96. The number of aryl methyl sites for hydroxylation is 1. The van der Waals surface area contributed by atoms with E-state index in [0.29, 0.717) is 16.6 Å². The molecule has 3 rings (SSSR count). The molecular formula is C15H10O4. The summed E-state index contributed by atoms with van der Waals surface area (Å²) in [6.45, 7) is 1.86. The van der Waals surface area contributed by atoms with Crippen LogP contribution in [-0.4, -0.2) is 11.1 Å². The van der Waals surface area contributed by atoms with Gasteiger partial charge >= 0.3 is 5.97 Å². The van der Waals surface area contributed by atoms with E-state index in [0.717, 1.165) is 5.56 Å². The number of hydrogen-bond acceptors (Lipinski definition) is 3. The maximum absolute atomic E-state index is 12.4. The molecule has 0 aliphatic rings. The second-order valence-electron chi connectivity index (χ2n) is 4.40. The highest BCUT2D eigenvalue weighted by atomic mass is 16.4. The smallest absolute Gasteiger partial charge is 0.335 e. The SMILES string of the molecule is Cc1cccc2c(=O)c3cc(C(=O)O)ccc3oc12. The summed E-state index contributed by atoms with van der Waals surface area (Å²) in [5.41, 5.74) is 1.69.